The minimum Gasteiger partial charge on any atom is -1.00 e. The summed E-state index contributed by atoms with van der Waals surface area (Å²) in [6, 6.07) is 0. The van der Waals surface area contributed by atoms with E-state index < -0.39 is 0 Å². The standard InChI is InChI=1S/C47H102N3.3BrH/c1-9-12-15-18-21-24-27-30-33-36-41-48(4,5)43-39-46-50(8,45-38-35-32-29-26-23-20-17-14-11-3)47-40-44-49(6,7)42-37-34-31-28-25-22-19-16-13-10-2;;;/h9-47H2,1-8H3;3*1H/q+3;;;/p-3. The van der Waals surface area contributed by atoms with Crippen LogP contribution in [0.5, 0.6) is 0 Å². The number of unbranched alkanes of at least 4 members (excludes halogenated alkanes) is 27. The molecule has 0 saturated heterocycles. The van der Waals surface area contributed by atoms with Crippen molar-refractivity contribution in [3.05, 3.63) is 0 Å². The molecule has 0 bridgehead atoms. The van der Waals surface area contributed by atoms with Crippen LogP contribution in [0.15, 0.2) is 0 Å². The zero-order valence-corrected chi connectivity index (χ0v) is 42.8. The van der Waals surface area contributed by atoms with E-state index in [4.69, 9.17) is 0 Å². The van der Waals surface area contributed by atoms with Gasteiger partial charge in [0.05, 0.1) is 81.1 Å². The number of hydrogen-bond acceptors (Lipinski definition) is 0. The van der Waals surface area contributed by atoms with E-state index in [0.717, 1.165) is 0 Å². The number of rotatable bonds is 41. The Kier molecular flexibility index (Phi) is 49.4. The fourth-order valence-corrected chi connectivity index (χ4v) is 8.36. The normalized spacial score (nSPS) is 12.0. The van der Waals surface area contributed by atoms with Gasteiger partial charge in [0.25, 0.3) is 0 Å². The average Bonchev–Trinajstić information content (AvgIpc) is 3.07. The summed E-state index contributed by atoms with van der Waals surface area (Å²) in [6.07, 6.45) is 46.0. The molecule has 0 atom stereocenters. The lowest BCUT2D eigenvalue weighted by atomic mass is 10.1. The van der Waals surface area contributed by atoms with Gasteiger partial charge in [-0.3, -0.25) is 0 Å². The quantitative estimate of drug-likeness (QED) is 0.0590. The second-order valence-electron chi connectivity index (χ2n) is 18.8. The van der Waals surface area contributed by atoms with Gasteiger partial charge in [-0.25, -0.2) is 0 Å². The number of halogens is 3. The molecule has 0 spiro atoms. The van der Waals surface area contributed by atoms with Crippen molar-refractivity contribution in [1.82, 2.24) is 0 Å². The molecule has 0 aliphatic rings. The Morgan fingerprint density at radius 2 is 0.377 bits per heavy atom. The van der Waals surface area contributed by atoms with E-state index in [2.05, 4.69) is 56.0 Å². The first kappa shape index (κ1) is 61.0. The van der Waals surface area contributed by atoms with Crippen LogP contribution in [0.1, 0.15) is 226 Å². The maximum Gasteiger partial charge on any atom is 0.0839 e. The highest BCUT2D eigenvalue weighted by Crippen LogP contribution is 2.17. The minimum absolute atomic E-state index is 0. The average molecular weight is 949 g/mol. The monoisotopic (exact) mass is 946 g/mol. The molecular weight excluding hydrogens is 846 g/mol. The Labute approximate surface area is 369 Å². The third kappa shape index (κ3) is 44.3. The van der Waals surface area contributed by atoms with Gasteiger partial charge in [0.15, 0.2) is 0 Å². The molecule has 0 N–H and O–H groups in total. The molecule has 0 aromatic heterocycles. The molecule has 0 aromatic rings. The molecule has 0 aromatic carbocycles. The van der Waals surface area contributed by atoms with Crippen molar-refractivity contribution in [1.29, 1.82) is 0 Å². The first-order valence-corrected chi connectivity index (χ1v) is 23.6. The highest BCUT2D eigenvalue weighted by Gasteiger charge is 2.25. The van der Waals surface area contributed by atoms with Crippen molar-refractivity contribution in [3.8, 4) is 0 Å². The Morgan fingerprint density at radius 1 is 0.208 bits per heavy atom. The van der Waals surface area contributed by atoms with Crippen molar-refractivity contribution in [2.45, 2.75) is 226 Å². The van der Waals surface area contributed by atoms with Crippen LogP contribution in [0, 0.1) is 0 Å². The van der Waals surface area contributed by atoms with Crippen molar-refractivity contribution < 1.29 is 64.4 Å². The van der Waals surface area contributed by atoms with E-state index in [-0.39, 0.29) is 50.9 Å². The Hall–Kier alpha value is 1.32. The lowest BCUT2D eigenvalue weighted by Gasteiger charge is -2.38. The molecule has 53 heavy (non-hydrogen) atoms. The fraction of sp³-hybridized carbons (Fsp3) is 1.00. The summed E-state index contributed by atoms with van der Waals surface area (Å²) in [5, 5.41) is 0. The van der Waals surface area contributed by atoms with Gasteiger partial charge in [-0.1, -0.05) is 175 Å². The highest BCUT2D eigenvalue weighted by atomic mass is 79.9. The van der Waals surface area contributed by atoms with Crippen LogP contribution >= 0.6 is 0 Å². The molecule has 3 nitrogen and oxygen atoms in total. The number of quaternary nitrogens is 3. The molecule has 0 radical (unpaired) electrons. The molecule has 0 amide bonds. The van der Waals surface area contributed by atoms with Crippen molar-refractivity contribution in [3.63, 3.8) is 0 Å². The van der Waals surface area contributed by atoms with Crippen LogP contribution in [0.25, 0.3) is 0 Å². The maximum absolute atomic E-state index is 2.62. The lowest BCUT2D eigenvalue weighted by Crippen LogP contribution is -3.00. The highest BCUT2D eigenvalue weighted by molar-refractivity contribution is 4.53. The van der Waals surface area contributed by atoms with Gasteiger partial charge in [0, 0.05) is 12.8 Å². The lowest BCUT2D eigenvalue weighted by molar-refractivity contribution is -0.928. The third-order valence-corrected chi connectivity index (χ3v) is 12.2. The van der Waals surface area contributed by atoms with Gasteiger partial charge in [-0.15, -0.1) is 0 Å². The van der Waals surface area contributed by atoms with Gasteiger partial charge in [-0.05, 0) is 38.5 Å². The van der Waals surface area contributed by atoms with Crippen molar-refractivity contribution in [2.24, 2.45) is 0 Å². The van der Waals surface area contributed by atoms with Crippen LogP contribution in [0.3, 0.4) is 0 Å². The van der Waals surface area contributed by atoms with Gasteiger partial charge in [-0.2, -0.15) is 0 Å². The molecular formula is C47H102Br3N3. The van der Waals surface area contributed by atoms with E-state index in [1.807, 2.05) is 0 Å². The summed E-state index contributed by atoms with van der Waals surface area (Å²) in [5.74, 6) is 0. The first-order chi connectivity index (χ1) is 24.1. The summed E-state index contributed by atoms with van der Waals surface area (Å²) in [4.78, 5) is 0. The van der Waals surface area contributed by atoms with Gasteiger partial charge >= 0.3 is 0 Å². The largest absolute Gasteiger partial charge is 1.00 e. The topological polar surface area (TPSA) is 0 Å². The zero-order valence-electron chi connectivity index (χ0n) is 38.1. The molecule has 0 unspecified atom stereocenters. The SMILES string of the molecule is CCCCCCCCCCCC[N+](C)(C)CCC[N+](C)(CCCCCCCCCCCC)CCC[N+](C)(C)CCCCCCCCCCCC.[Br-].[Br-].[Br-]. The zero-order chi connectivity index (χ0) is 37.1. The number of hydrogen-bond donors (Lipinski definition) is 0. The summed E-state index contributed by atoms with van der Waals surface area (Å²) in [6.45, 7) is 16.5. The molecule has 0 aliphatic heterocycles. The molecule has 0 aliphatic carbocycles. The molecule has 0 heterocycles. The smallest absolute Gasteiger partial charge is 0.0839 e. The minimum atomic E-state index is 0. The Morgan fingerprint density at radius 3 is 0.623 bits per heavy atom. The van der Waals surface area contributed by atoms with Crippen LogP contribution in [-0.4, -0.2) is 94.5 Å². The van der Waals surface area contributed by atoms with E-state index in [1.54, 1.807) is 0 Å². The van der Waals surface area contributed by atoms with E-state index in [1.165, 1.54) is 265 Å². The molecule has 6 heteroatoms. The van der Waals surface area contributed by atoms with Gasteiger partial charge < -0.3 is 64.4 Å². The van der Waals surface area contributed by atoms with Crippen molar-refractivity contribution >= 4 is 0 Å². The van der Waals surface area contributed by atoms with Crippen molar-refractivity contribution in [2.75, 3.05) is 81.1 Å². The summed E-state index contributed by atoms with van der Waals surface area (Å²) >= 11 is 0. The van der Waals surface area contributed by atoms with Crippen LogP contribution in [-0.2, 0) is 0 Å². The van der Waals surface area contributed by atoms with Gasteiger partial charge in [0.1, 0.15) is 0 Å². The molecule has 0 saturated carbocycles. The Bertz CT molecular complexity index is 646. The van der Waals surface area contributed by atoms with Gasteiger partial charge in [0.2, 0.25) is 0 Å². The summed E-state index contributed by atoms with van der Waals surface area (Å²) < 4.78 is 3.75. The summed E-state index contributed by atoms with van der Waals surface area (Å²) in [5.41, 5.74) is 0. The predicted molar refractivity (Wildman–Crippen MR) is 229 cm³/mol. The Balaban J connectivity index is -0.00000400. The second kappa shape index (κ2) is 42.9. The van der Waals surface area contributed by atoms with Crippen LogP contribution < -0.4 is 50.9 Å². The predicted octanol–water partition coefficient (Wildman–Crippen LogP) is 5.14. The van der Waals surface area contributed by atoms with E-state index in [0.29, 0.717) is 0 Å². The van der Waals surface area contributed by atoms with E-state index in [9.17, 15) is 0 Å². The van der Waals surface area contributed by atoms with Crippen LogP contribution in [0.2, 0.25) is 0 Å². The number of nitrogens with zero attached hydrogens (tertiary/aromatic N) is 3. The summed E-state index contributed by atoms with van der Waals surface area (Å²) in [7, 11) is 12.7. The van der Waals surface area contributed by atoms with Crippen LogP contribution in [0.4, 0.5) is 0 Å². The van der Waals surface area contributed by atoms with E-state index >= 15 is 0 Å². The molecule has 0 fully saturated rings. The first-order valence-electron chi connectivity index (χ1n) is 23.6. The third-order valence-electron chi connectivity index (χ3n) is 12.2. The molecule has 326 valence electrons. The maximum atomic E-state index is 2.62. The second-order valence-corrected chi connectivity index (χ2v) is 18.8. The fourth-order valence-electron chi connectivity index (χ4n) is 8.36. The molecule has 0 rings (SSSR count).